The third-order valence-corrected chi connectivity index (χ3v) is 3.63. The van der Waals surface area contributed by atoms with Crippen LogP contribution in [0.25, 0.3) is 0 Å². The predicted octanol–water partition coefficient (Wildman–Crippen LogP) is 0.685. The second-order valence-electron chi connectivity index (χ2n) is 4.11. The summed E-state index contributed by atoms with van der Waals surface area (Å²) in [7, 11) is -3.83. The molecule has 0 radical (unpaired) electrons. The lowest BCUT2D eigenvalue weighted by molar-refractivity contribution is 0.102. The lowest BCUT2D eigenvalue weighted by atomic mass is 10.2. The van der Waals surface area contributed by atoms with Gasteiger partial charge in [0.05, 0.1) is 10.5 Å². The van der Waals surface area contributed by atoms with Crippen LogP contribution in [0.1, 0.15) is 15.9 Å². The molecule has 0 aliphatic carbocycles. The van der Waals surface area contributed by atoms with Gasteiger partial charge in [-0.25, -0.2) is 23.5 Å². The Balaban J connectivity index is 2.30. The maximum Gasteiger partial charge on any atom is 0.258 e. The van der Waals surface area contributed by atoms with Gasteiger partial charge in [0.1, 0.15) is 6.33 Å². The van der Waals surface area contributed by atoms with Crippen LogP contribution < -0.4 is 10.5 Å². The Morgan fingerprint density at radius 2 is 1.90 bits per heavy atom. The van der Waals surface area contributed by atoms with Crippen LogP contribution in [0.3, 0.4) is 0 Å². The molecule has 1 amide bonds. The topological polar surface area (TPSA) is 115 Å². The normalized spacial score (nSPS) is 11.1. The van der Waals surface area contributed by atoms with E-state index < -0.39 is 15.9 Å². The maximum atomic E-state index is 11.9. The molecular weight excluding hydrogens is 280 g/mol. The highest BCUT2D eigenvalue weighted by atomic mass is 32.2. The van der Waals surface area contributed by atoms with Crippen LogP contribution in [0, 0.1) is 6.92 Å². The molecule has 0 atom stereocenters. The molecule has 2 rings (SSSR count). The van der Waals surface area contributed by atoms with Gasteiger partial charge in [-0.2, -0.15) is 0 Å². The number of nitrogens with zero attached hydrogens (tertiary/aromatic N) is 2. The van der Waals surface area contributed by atoms with Gasteiger partial charge in [0.15, 0.2) is 0 Å². The Morgan fingerprint density at radius 3 is 2.50 bits per heavy atom. The van der Waals surface area contributed by atoms with Crippen molar-refractivity contribution in [3.8, 4) is 0 Å². The number of carbonyl (C=O) groups excluding carboxylic acids is 1. The molecule has 0 bridgehead atoms. The third-order valence-electron chi connectivity index (χ3n) is 2.58. The van der Waals surface area contributed by atoms with E-state index in [4.69, 9.17) is 5.14 Å². The first-order valence-corrected chi connectivity index (χ1v) is 7.12. The zero-order valence-electron chi connectivity index (χ0n) is 10.6. The minimum Gasteiger partial charge on any atom is -0.322 e. The van der Waals surface area contributed by atoms with Gasteiger partial charge in [-0.1, -0.05) is 6.07 Å². The minimum absolute atomic E-state index is 0.0281. The summed E-state index contributed by atoms with van der Waals surface area (Å²) in [5.74, 6) is -0.435. The van der Waals surface area contributed by atoms with E-state index in [0.29, 0.717) is 11.3 Å². The van der Waals surface area contributed by atoms with Crippen LogP contribution >= 0.6 is 0 Å². The van der Waals surface area contributed by atoms with E-state index in [1.165, 1.54) is 24.8 Å². The first-order chi connectivity index (χ1) is 9.38. The Bertz CT molecular complexity index is 745. The quantitative estimate of drug-likeness (QED) is 0.863. The molecular formula is C12H12N4O3S. The number of hydrogen-bond donors (Lipinski definition) is 2. The fraction of sp³-hybridized carbons (Fsp3) is 0.0833. The van der Waals surface area contributed by atoms with Crippen LogP contribution in [-0.4, -0.2) is 24.3 Å². The average molecular weight is 292 g/mol. The van der Waals surface area contributed by atoms with Gasteiger partial charge in [-0.05, 0) is 24.6 Å². The van der Waals surface area contributed by atoms with Gasteiger partial charge < -0.3 is 5.32 Å². The van der Waals surface area contributed by atoms with Crippen molar-refractivity contribution in [2.24, 2.45) is 5.14 Å². The number of aromatic nitrogens is 2. The standard InChI is InChI=1S/C12H12N4O3S/c1-8-2-3-10(4-11(8)20(13,18)19)16-12(17)9-5-14-7-15-6-9/h2-7H,1H3,(H,16,17)(H2,13,18,19). The van der Waals surface area contributed by atoms with Crippen molar-refractivity contribution in [3.05, 3.63) is 48.0 Å². The first kappa shape index (κ1) is 14.1. The van der Waals surface area contributed by atoms with E-state index in [9.17, 15) is 13.2 Å². The number of anilines is 1. The SMILES string of the molecule is Cc1ccc(NC(=O)c2cncnc2)cc1S(N)(=O)=O. The van der Waals surface area contributed by atoms with E-state index in [1.807, 2.05) is 0 Å². The zero-order valence-corrected chi connectivity index (χ0v) is 11.4. The first-order valence-electron chi connectivity index (χ1n) is 5.58. The Morgan fingerprint density at radius 1 is 1.25 bits per heavy atom. The summed E-state index contributed by atoms with van der Waals surface area (Å²) in [6.07, 6.45) is 4.02. The van der Waals surface area contributed by atoms with Gasteiger partial charge in [0.25, 0.3) is 5.91 Å². The molecule has 0 aliphatic heterocycles. The number of benzene rings is 1. The third kappa shape index (κ3) is 3.16. The van der Waals surface area contributed by atoms with Crippen molar-refractivity contribution in [1.82, 2.24) is 9.97 Å². The second kappa shape index (κ2) is 5.35. The molecule has 0 saturated carbocycles. The fourth-order valence-electron chi connectivity index (χ4n) is 1.60. The minimum atomic E-state index is -3.83. The number of nitrogens with one attached hydrogen (secondary N) is 1. The summed E-state index contributed by atoms with van der Waals surface area (Å²) in [5, 5.41) is 7.67. The molecule has 8 heteroatoms. The number of nitrogens with two attached hydrogens (primary N) is 1. The molecule has 1 heterocycles. The maximum absolute atomic E-state index is 11.9. The van der Waals surface area contributed by atoms with Crippen molar-refractivity contribution >= 4 is 21.6 Å². The van der Waals surface area contributed by atoms with Crippen LogP contribution in [-0.2, 0) is 10.0 Å². The highest BCUT2D eigenvalue weighted by Crippen LogP contribution is 2.19. The van der Waals surface area contributed by atoms with Crippen molar-refractivity contribution in [3.63, 3.8) is 0 Å². The Kier molecular flexibility index (Phi) is 3.77. The van der Waals surface area contributed by atoms with Crippen molar-refractivity contribution < 1.29 is 13.2 Å². The van der Waals surface area contributed by atoms with Gasteiger partial charge in [0, 0.05) is 18.1 Å². The summed E-state index contributed by atoms with van der Waals surface area (Å²) in [6.45, 7) is 1.62. The molecule has 0 saturated heterocycles. The summed E-state index contributed by atoms with van der Waals surface area (Å²) in [6, 6.07) is 4.47. The van der Waals surface area contributed by atoms with E-state index in [0.717, 1.165) is 0 Å². The number of amides is 1. The van der Waals surface area contributed by atoms with Crippen molar-refractivity contribution in [2.45, 2.75) is 11.8 Å². The highest BCUT2D eigenvalue weighted by molar-refractivity contribution is 7.89. The van der Waals surface area contributed by atoms with Crippen molar-refractivity contribution in [2.75, 3.05) is 5.32 Å². The fourth-order valence-corrected chi connectivity index (χ4v) is 2.41. The molecule has 20 heavy (non-hydrogen) atoms. The molecule has 0 aliphatic rings. The highest BCUT2D eigenvalue weighted by Gasteiger charge is 2.13. The molecule has 3 N–H and O–H groups in total. The van der Waals surface area contributed by atoms with E-state index in [2.05, 4.69) is 15.3 Å². The zero-order chi connectivity index (χ0) is 14.8. The Labute approximate surface area is 115 Å². The average Bonchev–Trinajstić information content (AvgIpc) is 2.40. The molecule has 0 unspecified atom stereocenters. The summed E-state index contributed by atoms with van der Waals surface area (Å²) in [5.41, 5.74) is 1.10. The van der Waals surface area contributed by atoms with Gasteiger partial charge in [-0.15, -0.1) is 0 Å². The monoisotopic (exact) mass is 292 g/mol. The largest absolute Gasteiger partial charge is 0.322 e. The van der Waals surface area contributed by atoms with Crippen LogP contribution in [0.4, 0.5) is 5.69 Å². The lowest BCUT2D eigenvalue weighted by Crippen LogP contribution is -2.16. The van der Waals surface area contributed by atoms with Gasteiger partial charge in [-0.3, -0.25) is 4.79 Å². The smallest absolute Gasteiger partial charge is 0.258 e. The van der Waals surface area contributed by atoms with Gasteiger partial charge in [0.2, 0.25) is 10.0 Å². The van der Waals surface area contributed by atoms with Crippen LogP contribution in [0.15, 0.2) is 41.8 Å². The molecule has 0 fully saturated rings. The summed E-state index contributed by atoms with van der Waals surface area (Å²) < 4.78 is 22.8. The summed E-state index contributed by atoms with van der Waals surface area (Å²) >= 11 is 0. The predicted molar refractivity (Wildman–Crippen MR) is 72.5 cm³/mol. The Hall–Kier alpha value is -2.32. The number of hydrogen-bond acceptors (Lipinski definition) is 5. The van der Waals surface area contributed by atoms with Gasteiger partial charge >= 0.3 is 0 Å². The second-order valence-corrected chi connectivity index (χ2v) is 5.64. The summed E-state index contributed by atoms with van der Waals surface area (Å²) in [4.78, 5) is 19.3. The van der Waals surface area contributed by atoms with Crippen LogP contribution in [0.5, 0.6) is 0 Å². The van der Waals surface area contributed by atoms with Crippen LogP contribution in [0.2, 0.25) is 0 Å². The molecule has 7 nitrogen and oxygen atoms in total. The van der Waals surface area contributed by atoms with Crippen molar-refractivity contribution in [1.29, 1.82) is 0 Å². The molecule has 0 spiro atoms. The number of primary sulfonamides is 1. The number of aryl methyl sites for hydroxylation is 1. The molecule has 2 aromatic rings. The number of rotatable bonds is 3. The van der Waals surface area contributed by atoms with E-state index in [-0.39, 0.29) is 10.5 Å². The lowest BCUT2D eigenvalue weighted by Gasteiger charge is -2.08. The van der Waals surface area contributed by atoms with E-state index in [1.54, 1.807) is 19.1 Å². The molecule has 1 aromatic carbocycles. The molecule has 104 valence electrons. The van der Waals surface area contributed by atoms with E-state index >= 15 is 0 Å². The number of carbonyl (C=O) groups is 1. The molecule has 1 aromatic heterocycles. The number of sulfonamides is 1.